The zero-order valence-electron chi connectivity index (χ0n) is 15.2. The molecular formula is C21H29N3O. The van der Waals surface area contributed by atoms with Crippen LogP contribution < -0.4 is 5.32 Å². The van der Waals surface area contributed by atoms with Crippen molar-refractivity contribution in [2.24, 2.45) is 0 Å². The van der Waals surface area contributed by atoms with E-state index in [2.05, 4.69) is 46.3 Å². The van der Waals surface area contributed by atoms with Crippen molar-refractivity contribution < 1.29 is 4.79 Å². The van der Waals surface area contributed by atoms with E-state index in [-0.39, 0.29) is 5.91 Å². The van der Waals surface area contributed by atoms with Gasteiger partial charge in [0.25, 0.3) is 0 Å². The van der Waals surface area contributed by atoms with Gasteiger partial charge in [-0.1, -0.05) is 31.2 Å². The lowest BCUT2D eigenvalue weighted by molar-refractivity contribution is -0.122. The third-order valence-electron chi connectivity index (χ3n) is 5.26. The molecule has 0 saturated heterocycles. The highest BCUT2D eigenvalue weighted by Gasteiger charge is 2.23. The smallest absolute Gasteiger partial charge is 0.220 e. The van der Waals surface area contributed by atoms with Crippen molar-refractivity contribution in [3.8, 4) is 0 Å². The molecule has 1 saturated carbocycles. The van der Waals surface area contributed by atoms with Crippen LogP contribution in [0.1, 0.15) is 62.6 Å². The van der Waals surface area contributed by atoms with Crippen LogP contribution in [0.15, 0.2) is 42.7 Å². The molecular weight excluding hydrogens is 310 g/mol. The summed E-state index contributed by atoms with van der Waals surface area (Å²) >= 11 is 0. The fourth-order valence-corrected chi connectivity index (χ4v) is 3.68. The molecule has 134 valence electrons. The Morgan fingerprint density at radius 3 is 2.52 bits per heavy atom. The Labute approximate surface area is 150 Å². The number of nitrogens with one attached hydrogen (secondary N) is 1. The summed E-state index contributed by atoms with van der Waals surface area (Å²) in [6, 6.07) is 11.6. The molecule has 1 fully saturated rings. The lowest BCUT2D eigenvalue weighted by atomic mass is 9.91. The van der Waals surface area contributed by atoms with Crippen molar-refractivity contribution in [1.29, 1.82) is 0 Å². The molecule has 0 bridgehead atoms. The zero-order valence-corrected chi connectivity index (χ0v) is 15.2. The van der Waals surface area contributed by atoms with Gasteiger partial charge in [-0.2, -0.15) is 5.10 Å². The van der Waals surface area contributed by atoms with Gasteiger partial charge in [-0.15, -0.1) is 0 Å². The van der Waals surface area contributed by atoms with E-state index < -0.39 is 0 Å². The Morgan fingerprint density at radius 1 is 1.16 bits per heavy atom. The van der Waals surface area contributed by atoms with Gasteiger partial charge < -0.3 is 5.32 Å². The molecule has 0 radical (unpaired) electrons. The van der Waals surface area contributed by atoms with Crippen LogP contribution >= 0.6 is 0 Å². The van der Waals surface area contributed by atoms with Crippen molar-refractivity contribution in [3.63, 3.8) is 0 Å². The van der Waals surface area contributed by atoms with Gasteiger partial charge in [-0.25, -0.2) is 0 Å². The second kappa shape index (κ2) is 8.84. The first-order chi connectivity index (χ1) is 12.2. The second-order valence-electron chi connectivity index (χ2n) is 7.08. The normalized spacial score (nSPS) is 20.4. The number of carbonyl (C=O) groups is 1. The summed E-state index contributed by atoms with van der Waals surface area (Å²) in [5.41, 5.74) is 2.69. The fourth-order valence-electron chi connectivity index (χ4n) is 3.68. The molecule has 0 aliphatic heterocycles. The number of nitrogens with zero attached hydrogens (tertiary/aromatic N) is 2. The minimum absolute atomic E-state index is 0.202. The molecule has 25 heavy (non-hydrogen) atoms. The monoisotopic (exact) mass is 339 g/mol. The molecule has 3 rings (SSSR count). The van der Waals surface area contributed by atoms with E-state index in [1.165, 1.54) is 11.1 Å². The minimum atomic E-state index is 0.202. The third-order valence-corrected chi connectivity index (χ3v) is 5.26. The van der Waals surface area contributed by atoms with Crippen LogP contribution in [-0.4, -0.2) is 21.7 Å². The van der Waals surface area contributed by atoms with Crippen LogP contribution in [0.2, 0.25) is 0 Å². The van der Waals surface area contributed by atoms with E-state index in [9.17, 15) is 4.79 Å². The number of benzene rings is 1. The fraction of sp³-hybridized carbons (Fsp3) is 0.524. The highest BCUT2D eigenvalue weighted by atomic mass is 16.1. The molecule has 1 aromatic heterocycles. The molecule has 1 amide bonds. The molecule has 4 heteroatoms. The van der Waals surface area contributed by atoms with Crippen molar-refractivity contribution in [2.45, 2.75) is 70.4 Å². The van der Waals surface area contributed by atoms with Gasteiger partial charge in [-0.05, 0) is 62.1 Å². The molecule has 0 unspecified atom stereocenters. The Kier molecular flexibility index (Phi) is 6.26. The molecule has 1 aliphatic rings. The summed E-state index contributed by atoms with van der Waals surface area (Å²) in [5, 5.41) is 7.56. The average molecular weight is 339 g/mol. The van der Waals surface area contributed by atoms with Gasteiger partial charge >= 0.3 is 0 Å². The van der Waals surface area contributed by atoms with Crippen LogP contribution in [0.5, 0.6) is 0 Å². The maximum atomic E-state index is 12.2. The van der Waals surface area contributed by atoms with Gasteiger partial charge in [0.1, 0.15) is 0 Å². The summed E-state index contributed by atoms with van der Waals surface area (Å²) in [7, 11) is 0. The predicted molar refractivity (Wildman–Crippen MR) is 100 cm³/mol. The number of aryl methyl sites for hydroxylation is 2. The molecule has 4 nitrogen and oxygen atoms in total. The first-order valence-electron chi connectivity index (χ1n) is 9.61. The van der Waals surface area contributed by atoms with Gasteiger partial charge in [0.15, 0.2) is 0 Å². The number of carbonyl (C=O) groups excluding carboxylic acids is 1. The minimum Gasteiger partial charge on any atom is -0.353 e. The van der Waals surface area contributed by atoms with E-state index in [1.54, 1.807) is 0 Å². The maximum absolute atomic E-state index is 12.2. The van der Waals surface area contributed by atoms with Crippen molar-refractivity contribution in [1.82, 2.24) is 15.1 Å². The topological polar surface area (TPSA) is 46.9 Å². The standard InChI is InChI=1S/C21H29N3O/c1-2-17-7-9-18(10-8-17)5-3-6-21(25)23-19-11-13-20(14-12-19)24-16-4-15-22-24/h4,7-10,15-16,19-20H,2-3,5-6,11-14H2,1H3,(H,23,25). The Hall–Kier alpha value is -2.10. The van der Waals surface area contributed by atoms with E-state index in [4.69, 9.17) is 0 Å². The molecule has 1 aliphatic carbocycles. The number of rotatable bonds is 7. The largest absolute Gasteiger partial charge is 0.353 e. The average Bonchev–Trinajstić information content (AvgIpc) is 3.18. The zero-order chi connectivity index (χ0) is 17.5. The van der Waals surface area contributed by atoms with Gasteiger partial charge in [0.2, 0.25) is 5.91 Å². The highest BCUT2D eigenvalue weighted by molar-refractivity contribution is 5.76. The van der Waals surface area contributed by atoms with E-state index in [1.807, 2.05) is 18.5 Å². The van der Waals surface area contributed by atoms with Crippen LogP contribution in [-0.2, 0) is 17.6 Å². The Bertz CT molecular complexity index is 640. The van der Waals surface area contributed by atoms with Crippen LogP contribution in [0.3, 0.4) is 0 Å². The SMILES string of the molecule is CCc1ccc(CCCC(=O)NC2CCC(n3cccn3)CC2)cc1. The summed E-state index contributed by atoms with van der Waals surface area (Å²) in [5.74, 6) is 0.202. The Morgan fingerprint density at radius 2 is 1.88 bits per heavy atom. The second-order valence-corrected chi connectivity index (χ2v) is 7.08. The molecule has 1 aromatic carbocycles. The number of amides is 1. The summed E-state index contributed by atoms with van der Waals surface area (Å²) in [6.07, 6.45) is 11.7. The quantitative estimate of drug-likeness (QED) is 0.826. The number of hydrogen-bond donors (Lipinski definition) is 1. The summed E-state index contributed by atoms with van der Waals surface area (Å²) in [4.78, 5) is 12.2. The molecule has 1 heterocycles. The lowest BCUT2D eigenvalue weighted by Gasteiger charge is -2.29. The van der Waals surface area contributed by atoms with Gasteiger partial charge in [-0.3, -0.25) is 9.48 Å². The van der Waals surface area contributed by atoms with Gasteiger partial charge in [0.05, 0.1) is 6.04 Å². The molecule has 0 atom stereocenters. The summed E-state index contributed by atoms with van der Waals surface area (Å²) in [6.45, 7) is 2.17. The van der Waals surface area contributed by atoms with E-state index >= 15 is 0 Å². The first-order valence-corrected chi connectivity index (χ1v) is 9.61. The molecule has 1 N–H and O–H groups in total. The summed E-state index contributed by atoms with van der Waals surface area (Å²) < 4.78 is 2.06. The van der Waals surface area contributed by atoms with Crippen LogP contribution in [0.25, 0.3) is 0 Å². The maximum Gasteiger partial charge on any atom is 0.220 e. The van der Waals surface area contributed by atoms with E-state index in [0.29, 0.717) is 18.5 Å². The van der Waals surface area contributed by atoms with Crippen molar-refractivity contribution in [3.05, 3.63) is 53.9 Å². The number of hydrogen-bond acceptors (Lipinski definition) is 2. The number of aromatic nitrogens is 2. The predicted octanol–water partition coefficient (Wildman–Crippen LogP) is 4.07. The van der Waals surface area contributed by atoms with Crippen LogP contribution in [0.4, 0.5) is 0 Å². The van der Waals surface area contributed by atoms with Gasteiger partial charge in [0, 0.05) is 24.9 Å². The van der Waals surface area contributed by atoms with Crippen molar-refractivity contribution >= 4 is 5.91 Å². The lowest BCUT2D eigenvalue weighted by Crippen LogP contribution is -2.38. The first kappa shape index (κ1) is 17.7. The third kappa shape index (κ3) is 5.18. The van der Waals surface area contributed by atoms with Crippen molar-refractivity contribution in [2.75, 3.05) is 0 Å². The molecule has 2 aromatic rings. The Balaban J connectivity index is 1.34. The van der Waals surface area contributed by atoms with Crippen LogP contribution in [0, 0.1) is 0 Å². The van der Waals surface area contributed by atoms with E-state index in [0.717, 1.165) is 44.9 Å². The highest BCUT2D eigenvalue weighted by Crippen LogP contribution is 2.27. The molecule has 0 spiro atoms.